The minimum atomic E-state index is 0.180. The normalized spacial score (nSPS) is 26.2. The highest BCUT2D eigenvalue weighted by Crippen LogP contribution is 2.47. The maximum Gasteiger partial charge on any atom is 0.0686 e. The van der Waals surface area contributed by atoms with Crippen LogP contribution in [0.15, 0.2) is 24.3 Å². The van der Waals surface area contributed by atoms with E-state index in [1.165, 1.54) is 30.4 Å². The highest BCUT2D eigenvalue weighted by molar-refractivity contribution is 5.30. The Kier molecular flexibility index (Phi) is 4.11. The topological polar surface area (TPSA) is 47.3 Å². The summed E-state index contributed by atoms with van der Waals surface area (Å²) in [6, 6.07) is 8.95. The van der Waals surface area contributed by atoms with Gasteiger partial charge in [0, 0.05) is 12.6 Å². The van der Waals surface area contributed by atoms with Gasteiger partial charge in [0.1, 0.15) is 0 Å². The van der Waals surface area contributed by atoms with E-state index in [9.17, 15) is 0 Å². The number of nitrogens with two attached hydrogens (primary N) is 1. The predicted octanol–water partition coefficient (Wildman–Crippen LogP) is 3.10. The molecule has 1 saturated carbocycles. The third-order valence-electron chi connectivity index (χ3n) is 5.22. The van der Waals surface area contributed by atoms with E-state index in [0.717, 1.165) is 25.9 Å². The lowest BCUT2D eigenvalue weighted by Gasteiger charge is -2.48. The Balaban J connectivity index is 1.82. The van der Waals surface area contributed by atoms with Gasteiger partial charge in [-0.15, -0.1) is 0 Å². The van der Waals surface area contributed by atoms with E-state index in [2.05, 4.69) is 36.6 Å². The van der Waals surface area contributed by atoms with Crippen molar-refractivity contribution in [1.29, 1.82) is 0 Å². The van der Waals surface area contributed by atoms with E-state index in [1.807, 2.05) is 0 Å². The van der Waals surface area contributed by atoms with Crippen LogP contribution in [0.5, 0.6) is 0 Å². The number of rotatable bonds is 4. The van der Waals surface area contributed by atoms with Gasteiger partial charge in [0.05, 0.1) is 5.60 Å². The van der Waals surface area contributed by atoms with Crippen molar-refractivity contribution in [3.05, 3.63) is 35.4 Å². The molecule has 3 nitrogen and oxygen atoms in total. The van der Waals surface area contributed by atoms with Crippen molar-refractivity contribution in [2.75, 3.05) is 6.61 Å². The molecule has 1 heterocycles. The van der Waals surface area contributed by atoms with Crippen LogP contribution in [0.4, 0.5) is 0 Å². The van der Waals surface area contributed by atoms with Gasteiger partial charge in [0.25, 0.3) is 0 Å². The monoisotopic (exact) mass is 274 g/mol. The molecule has 20 heavy (non-hydrogen) atoms. The highest BCUT2D eigenvalue weighted by Gasteiger charge is 2.44. The highest BCUT2D eigenvalue weighted by atomic mass is 16.5. The van der Waals surface area contributed by atoms with Crippen LogP contribution >= 0.6 is 0 Å². The SMILES string of the molecule is CCc1ccccc1C(NN)C1CCOC2(CCC2)C1. The molecular weight excluding hydrogens is 248 g/mol. The van der Waals surface area contributed by atoms with Crippen molar-refractivity contribution in [2.24, 2.45) is 11.8 Å². The molecule has 2 aliphatic rings. The van der Waals surface area contributed by atoms with Gasteiger partial charge in [-0.25, -0.2) is 0 Å². The van der Waals surface area contributed by atoms with Crippen LogP contribution in [0, 0.1) is 5.92 Å². The van der Waals surface area contributed by atoms with Gasteiger partial charge in [-0.1, -0.05) is 31.2 Å². The summed E-state index contributed by atoms with van der Waals surface area (Å²) in [5, 5.41) is 0. The molecule has 1 aliphatic carbocycles. The van der Waals surface area contributed by atoms with Crippen LogP contribution in [0.1, 0.15) is 56.2 Å². The number of nitrogens with one attached hydrogen (secondary N) is 1. The lowest BCUT2D eigenvalue weighted by molar-refractivity contribution is -0.147. The van der Waals surface area contributed by atoms with Crippen molar-refractivity contribution in [3.8, 4) is 0 Å². The summed E-state index contributed by atoms with van der Waals surface area (Å²) < 4.78 is 6.05. The molecule has 1 saturated heterocycles. The second-order valence-electron chi connectivity index (χ2n) is 6.33. The Labute approximate surface area is 121 Å². The van der Waals surface area contributed by atoms with E-state index in [1.54, 1.807) is 0 Å². The summed E-state index contributed by atoms with van der Waals surface area (Å²) in [5.74, 6) is 6.50. The number of hydrazine groups is 1. The molecular formula is C17H26N2O. The van der Waals surface area contributed by atoms with Crippen molar-refractivity contribution >= 4 is 0 Å². The molecule has 3 heteroatoms. The Morgan fingerprint density at radius 2 is 2.20 bits per heavy atom. The molecule has 3 rings (SSSR count). The van der Waals surface area contributed by atoms with Crippen LogP contribution in [-0.2, 0) is 11.2 Å². The second kappa shape index (κ2) is 5.84. The van der Waals surface area contributed by atoms with Crippen LogP contribution < -0.4 is 11.3 Å². The van der Waals surface area contributed by atoms with Crippen molar-refractivity contribution in [3.63, 3.8) is 0 Å². The average molecular weight is 274 g/mol. The van der Waals surface area contributed by atoms with Crippen molar-refractivity contribution in [1.82, 2.24) is 5.43 Å². The maximum atomic E-state index is 6.05. The summed E-state index contributed by atoms with van der Waals surface area (Å²) in [5.41, 5.74) is 6.05. The van der Waals surface area contributed by atoms with Gasteiger partial charge in [0.15, 0.2) is 0 Å². The molecule has 1 aliphatic heterocycles. The van der Waals surface area contributed by atoms with E-state index in [-0.39, 0.29) is 11.6 Å². The molecule has 1 aromatic carbocycles. The first-order valence-electron chi connectivity index (χ1n) is 7.96. The maximum absolute atomic E-state index is 6.05. The Morgan fingerprint density at radius 1 is 1.40 bits per heavy atom. The van der Waals surface area contributed by atoms with Crippen LogP contribution in [-0.4, -0.2) is 12.2 Å². The number of aryl methyl sites for hydroxylation is 1. The van der Waals surface area contributed by atoms with Gasteiger partial charge in [-0.3, -0.25) is 11.3 Å². The van der Waals surface area contributed by atoms with Gasteiger partial charge in [-0.2, -0.15) is 0 Å². The average Bonchev–Trinajstić information content (AvgIpc) is 2.47. The molecule has 0 amide bonds. The molecule has 110 valence electrons. The first-order valence-corrected chi connectivity index (χ1v) is 7.96. The number of hydrogen-bond acceptors (Lipinski definition) is 3. The zero-order valence-electron chi connectivity index (χ0n) is 12.4. The molecule has 2 fully saturated rings. The summed E-state index contributed by atoms with van der Waals surface area (Å²) in [7, 11) is 0. The van der Waals surface area contributed by atoms with Gasteiger partial charge in [-0.05, 0) is 55.6 Å². The lowest BCUT2D eigenvalue weighted by Crippen LogP contribution is -2.48. The van der Waals surface area contributed by atoms with Crippen molar-refractivity contribution in [2.45, 2.75) is 57.1 Å². The molecule has 1 aromatic rings. The lowest BCUT2D eigenvalue weighted by atomic mass is 9.69. The Morgan fingerprint density at radius 3 is 2.85 bits per heavy atom. The van der Waals surface area contributed by atoms with Crippen LogP contribution in [0.25, 0.3) is 0 Å². The fourth-order valence-electron chi connectivity index (χ4n) is 3.91. The zero-order valence-corrected chi connectivity index (χ0v) is 12.4. The van der Waals surface area contributed by atoms with Crippen LogP contribution in [0.2, 0.25) is 0 Å². The minimum absolute atomic E-state index is 0.180. The molecule has 1 spiro atoms. The third-order valence-corrected chi connectivity index (χ3v) is 5.22. The third kappa shape index (κ3) is 2.50. The largest absolute Gasteiger partial charge is 0.375 e. The standard InChI is InChI=1S/C17H26N2O/c1-2-13-6-3-4-7-15(13)16(19-18)14-8-11-20-17(12-14)9-5-10-17/h3-4,6-7,14,16,19H,2,5,8-12,18H2,1H3. The predicted molar refractivity (Wildman–Crippen MR) is 81.1 cm³/mol. The molecule has 2 atom stereocenters. The number of benzene rings is 1. The quantitative estimate of drug-likeness (QED) is 0.655. The summed E-state index contributed by atoms with van der Waals surface area (Å²) in [6.07, 6.45) is 7.10. The van der Waals surface area contributed by atoms with E-state index in [0.29, 0.717) is 5.92 Å². The summed E-state index contributed by atoms with van der Waals surface area (Å²) >= 11 is 0. The second-order valence-corrected chi connectivity index (χ2v) is 6.33. The number of hydrogen-bond donors (Lipinski definition) is 2. The molecule has 3 N–H and O–H groups in total. The first kappa shape index (κ1) is 14.1. The van der Waals surface area contributed by atoms with Crippen molar-refractivity contribution < 1.29 is 4.74 Å². The summed E-state index contributed by atoms with van der Waals surface area (Å²) in [6.45, 7) is 3.10. The van der Waals surface area contributed by atoms with E-state index < -0.39 is 0 Å². The molecule has 0 radical (unpaired) electrons. The summed E-state index contributed by atoms with van der Waals surface area (Å²) in [4.78, 5) is 0. The zero-order chi connectivity index (χ0) is 14.0. The number of ether oxygens (including phenoxy) is 1. The minimum Gasteiger partial charge on any atom is -0.375 e. The Bertz CT molecular complexity index is 456. The molecule has 2 unspecified atom stereocenters. The van der Waals surface area contributed by atoms with E-state index >= 15 is 0 Å². The fraction of sp³-hybridized carbons (Fsp3) is 0.647. The van der Waals surface area contributed by atoms with E-state index in [4.69, 9.17) is 10.6 Å². The van der Waals surface area contributed by atoms with Gasteiger partial charge < -0.3 is 4.74 Å². The molecule has 0 aromatic heterocycles. The van der Waals surface area contributed by atoms with Gasteiger partial charge in [0.2, 0.25) is 0 Å². The first-order chi connectivity index (χ1) is 9.78. The van der Waals surface area contributed by atoms with Crippen LogP contribution in [0.3, 0.4) is 0 Å². The molecule has 0 bridgehead atoms. The Hall–Kier alpha value is -0.900. The fourth-order valence-corrected chi connectivity index (χ4v) is 3.91. The van der Waals surface area contributed by atoms with Gasteiger partial charge >= 0.3 is 0 Å². The smallest absolute Gasteiger partial charge is 0.0686 e.